The third-order valence-corrected chi connectivity index (χ3v) is 2.87. The van der Waals surface area contributed by atoms with Crippen LogP contribution >= 0.6 is 0 Å². The van der Waals surface area contributed by atoms with Gasteiger partial charge in [0.25, 0.3) is 0 Å². The Kier molecular flexibility index (Phi) is 4.67. The molecule has 0 radical (unpaired) electrons. The molecule has 0 spiro atoms. The Labute approximate surface area is 114 Å². The maximum atomic E-state index is 5.79. The van der Waals surface area contributed by atoms with Crippen LogP contribution in [0.3, 0.4) is 0 Å². The number of ether oxygens (including phenoxy) is 2. The average Bonchev–Trinajstić information content (AvgIpc) is 2.45. The van der Waals surface area contributed by atoms with Gasteiger partial charge in [-0.05, 0) is 30.2 Å². The van der Waals surface area contributed by atoms with Gasteiger partial charge >= 0.3 is 0 Å². The molecule has 2 aromatic carbocycles. The molecule has 2 rings (SSSR count). The minimum Gasteiger partial charge on any atom is -0.490 e. The van der Waals surface area contributed by atoms with Crippen molar-refractivity contribution in [2.45, 2.75) is 13.3 Å². The zero-order chi connectivity index (χ0) is 13.5. The van der Waals surface area contributed by atoms with Gasteiger partial charge in [-0.25, -0.2) is 0 Å². The van der Waals surface area contributed by atoms with Gasteiger partial charge in [-0.2, -0.15) is 0 Å². The minimum atomic E-state index is 0.478. The Morgan fingerprint density at radius 2 is 1.42 bits per heavy atom. The van der Waals surface area contributed by atoms with Crippen molar-refractivity contribution in [3.63, 3.8) is 0 Å². The van der Waals surface area contributed by atoms with Crippen LogP contribution in [0, 0.1) is 0 Å². The zero-order valence-corrected chi connectivity index (χ0v) is 11.1. The molecule has 0 unspecified atom stereocenters. The summed E-state index contributed by atoms with van der Waals surface area (Å²) in [6, 6.07) is 15.5. The van der Waals surface area contributed by atoms with Crippen LogP contribution in [0.1, 0.15) is 12.5 Å². The van der Waals surface area contributed by atoms with Gasteiger partial charge in [-0.1, -0.05) is 37.3 Å². The summed E-state index contributed by atoms with van der Waals surface area (Å²) in [5.41, 5.74) is 7.65. The van der Waals surface area contributed by atoms with E-state index in [9.17, 15) is 0 Å². The lowest BCUT2D eigenvalue weighted by Crippen LogP contribution is -2.10. The van der Waals surface area contributed by atoms with Crippen LogP contribution in [0.4, 0.5) is 5.69 Å². The van der Waals surface area contributed by atoms with Crippen LogP contribution in [-0.4, -0.2) is 13.2 Å². The SMILES string of the molecule is CCc1ccccc1OCCOc1ccccc1N. The van der Waals surface area contributed by atoms with Gasteiger partial charge in [0, 0.05) is 0 Å². The monoisotopic (exact) mass is 257 g/mol. The predicted molar refractivity (Wildman–Crippen MR) is 77.7 cm³/mol. The van der Waals surface area contributed by atoms with Crippen molar-refractivity contribution >= 4 is 5.69 Å². The van der Waals surface area contributed by atoms with E-state index in [2.05, 4.69) is 13.0 Å². The largest absolute Gasteiger partial charge is 0.490 e. The molecular weight excluding hydrogens is 238 g/mol. The number of nitrogen functional groups attached to an aromatic ring is 1. The number of hydrogen-bond donors (Lipinski definition) is 1. The number of hydrogen-bond acceptors (Lipinski definition) is 3. The van der Waals surface area contributed by atoms with Gasteiger partial charge < -0.3 is 15.2 Å². The van der Waals surface area contributed by atoms with Gasteiger partial charge in [0.2, 0.25) is 0 Å². The second-order valence-electron chi connectivity index (χ2n) is 4.20. The van der Waals surface area contributed by atoms with Crippen LogP contribution in [0.5, 0.6) is 11.5 Å². The molecule has 3 nitrogen and oxygen atoms in total. The summed E-state index contributed by atoms with van der Waals surface area (Å²) in [5.74, 6) is 1.63. The Balaban J connectivity index is 1.83. The average molecular weight is 257 g/mol. The lowest BCUT2D eigenvalue weighted by Gasteiger charge is -2.12. The fourth-order valence-electron chi connectivity index (χ4n) is 1.85. The third kappa shape index (κ3) is 3.65. The molecule has 0 amide bonds. The van der Waals surface area contributed by atoms with Gasteiger partial charge in [-0.3, -0.25) is 0 Å². The molecule has 0 aromatic heterocycles. The second kappa shape index (κ2) is 6.69. The number of para-hydroxylation sites is 3. The van der Waals surface area contributed by atoms with Crippen LogP contribution in [0.2, 0.25) is 0 Å². The summed E-state index contributed by atoms with van der Waals surface area (Å²) in [5, 5.41) is 0. The van der Waals surface area contributed by atoms with Crippen molar-refractivity contribution < 1.29 is 9.47 Å². The van der Waals surface area contributed by atoms with E-state index in [1.165, 1.54) is 5.56 Å². The Hall–Kier alpha value is -2.16. The van der Waals surface area contributed by atoms with Crippen LogP contribution in [0.15, 0.2) is 48.5 Å². The molecule has 0 fully saturated rings. The van der Waals surface area contributed by atoms with Crippen molar-refractivity contribution in [3.05, 3.63) is 54.1 Å². The molecule has 0 aliphatic rings. The molecule has 100 valence electrons. The van der Waals surface area contributed by atoms with E-state index in [1.807, 2.05) is 42.5 Å². The van der Waals surface area contributed by atoms with Crippen LogP contribution in [0.25, 0.3) is 0 Å². The smallest absolute Gasteiger partial charge is 0.142 e. The van der Waals surface area contributed by atoms with E-state index in [4.69, 9.17) is 15.2 Å². The molecule has 0 aliphatic heterocycles. The van der Waals surface area contributed by atoms with Crippen molar-refractivity contribution in [1.82, 2.24) is 0 Å². The van der Waals surface area contributed by atoms with E-state index >= 15 is 0 Å². The number of rotatable bonds is 6. The molecule has 19 heavy (non-hydrogen) atoms. The molecule has 0 saturated heterocycles. The van der Waals surface area contributed by atoms with E-state index < -0.39 is 0 Å². The number of anilines is 1. The lowest BCUT2D eigenvalue weighted by atomic mass is 10.1. The zero-order valence-electron chi connectivity index (χ0n) is 11.1. The first kappa shape index (κ1) is 13.3. The highest BCUT2D eigenvalue weighted by molar-refractivity contribution is 5.51. The minimum absolute atomic E-state index is 0.478. The molecule has 0 bridgehead atoms. The Morgan fingerprint density at radius 1 is 0.842 bits per heavy atom. The highest BCUT2D eigenvalue weighted by Gasteiger charge is 2.01. The molecule has 0 aliphatic carbocycles. The Morgan fingerprint density at radius 3 is 2.11 bits per heavy atom. The van der Waals surface area contributed by atoms with Crippen LogP contribution in [-0.2, 0) is 6.42 Å². The van der Waals surface area contributed by atoms with Gasteiger partial charge in [0.15, 0.2) is 0 Å². The molecule has 0 heterocycles. The first-order valence-electron chi connectivity index (χ1n) is 6.49. The van der Waals surface area contributed by atoms with Gasteiger partial charge in [0.1, 0.15) is 24.7 Å². The maximum Gasteiger partial charge on any atom is 0.142 e. The van der Waals surface area contributed by atoms with Gasteiger partial charge in [0.05, 0.1) is 5.69 Å². The summed E-state index contributed by atoms with van der Waals surface area (Å²) >= 11 is 0. The topological polar surface area (TPSA) is 44.5 Å². The standard InChI is InChI=1S/C16H19NO2/c1-2-13-7-3-5-9-15(13)18-11-12-19-16-10-6-4-8-14(16)17/h3-10H,2,11-12,17H2,1H3. The number of nitrogens with two attached hydrogens (primary N) is 1. The molecule has 2 N–H and O–H groups in total. The van der Waals surface area contributed by atoms with Crippen LogP contribution < -0.4 is 15.2 Å². The highest BCUT2D eigenvalue weighted by atomic mass is 16.5. The number of benzene rings is 2. The third-order valence-electron chi connectivity index (χ3n) is 2.87. The Bertz CT molecular complexity index is 526. The normalized spacial score (nSPS) is 10.2. The summed E-state index contributed by atoms with van der Waals surface area (Å²) in [6.07, 6.45) is 0.961. The maximum absolute atomic E-state index is 5.79. The van der Waals surface area contributed by atoms with E-state index in [0.29, 0.717) is 24.7 Å². The fourth-order valence-corrected chi connectivity index (χ4v) is 1.85. The van der Waals surface area contributed by atoms with E-state index in [1.54, 1.807) is 0 Å². The highest BCUT2D eigenvalue weighted by Crippen LogP contribution is 2.20. The quantitative estimate of drug-likeness (QED) is 0.638. The first-order valence-corrected chi connectivity index (χ1v) is 6.49. The van der Waals surface area contributed by atoms with E-state index in [0.717, 1.165) is 12.2 Å². The molecular formula is C16H19NO2. The summed E-state index contributed by atoms with van der Waals surface area (Å²) < 4.78 is 11.3. The molecule has 0 atom stereocenters. The van der Waals surface area contributed by atoms with E-state index in [-0.39, 0.29) is 0 Å². The summed E-state index contributed by atoms with van der Waals surface area (Å²) in [7, 11) is 0. The summed E-state index contributed by atoms with van der Waals surface area (Å²) in [6.45, 7) is 3.10. The first-order chi connectivity index (χ1) is 9.31. The second-order valence-corrected chi connectivity index (χ2v) is 4.20. The van der Waals surface area contributed by atoms with Crippen molar-refractivity contribution in [2.75, 3.05) is 18.9 Å². The van der Waals surface area contributed by atoms with Crippen molar-refractivity contribution in [2.24, 2.45) is 0 Å². The van der Waals surface area contributed by atoms with Crippen molar-refractivity contribution in [3.8, 4) is 11.5 Å². The fraction of sp³-hybridized carbons (Fsp3) is 0.250. The van der Waals surface area contributed by atoms with Gasteiger partial charge in [-0.15, -0.1) is 0 Å². The predicted octanol–water partition coefficient (Wildman–Crippen LogP) is 3.29. The molecule has 2 aromatic rings. The van der Waals surface area contributed by atoms with Crippen molar-refractivity contribution in [1.29, 1.82) is 0 Å². The number of aryl methyl sites for hydroxylation is 1. The molecule has 3 heteroatoms. The molecule has 0 saturated carbocycles. The lowest BCUT2D eigenvalue weighted by molar-refractivity contribution is 0.216. The summed E-state index contributed by atoms with van der Waals surface area (Å²) in [4.78, 5) is 0.